The van der Waals surface area contributed by atoms with E-state index in [1.807, 2.05) is 31.4 Å². The Kier molecular flexibility index (Phi) is 3.37. The van der Waals surface area contributed by atoms with E-state index in [-0.39, 0.29) is 0 Å². The third kappa shape index (κ3) is 2.71. The van der Waals surface area contributed by atoms with Crippen molar-refractivity contribution in [2.75, 3.05) is 13.2 Å². The Bertz CT molecular complexity index is 566. The molecule has 3 rings (SSSR count). The van der Waals surface area contributed by atoms with Crippen molar-refractivity contribution in [3.05, 3.63) is 41.7 Å². The number of benzene rings is 1. The summed E-state index contributed by atoms with van der Waals surface area (Å²) >= 11 is 0. The molecule has 0 saturated heterocycles. The van der Waals surface area contributed by atoms with Crippen molar-refractivity contribution in [1.82, 2.24) is 15.1 Å². The summed E-state index contributed by atoms with van der Waals surface area (Å²) in [5.74, 6) is 1.70. The summed E-state index contributed by atoms with van der Waals surface area (Å²) < 4.78 is 13.0. The number of aromatic nitrogens is 2. The second-order valence-corrected chi connectivity index (χ2v) is 4.53. The van der Waals surface area contributed by atoms with E-state index in [9.17, 15) is 0 Å². The minimum Gasteiger partial charge on any atom is -0.486 e. The van der Waals surface area contributed by atoms with Crippen LogP contribution in [0.15, 0.2) is 30.5 Å². The van der Waals surface area contributed by atoms with Crippen molar-refractivity contribution in [1.29, 1.82) is 0 Å². The Morgan fingerprint density at radius 3 is 2.95 bits per heavy atom. The fourth-order valence-corrected chi connectivity index (χ4v) is 2.16. The molecule has 100 valence electrons. The van der Waals surface area contributed by atoms with Crippen molar-refractivity contribution < 1.29 is 9.47 Å². The Morgan fingerprint density at radius 2 is 2.11 bits per heavy atom. The lowest BCUT2D eigenvalue weighted by atomic mass is 10.1. The van der Waals surface area contributed by atoms with Crippen LogP contribution in [-0.2, 0) is 20.1 Å². The van der Waals surface area contributed by atoms with Crippen molar-refractivity contribution in [2.45, 2.75) is 13.1 Å². The largest absolute Gasteiger partial charge is 0.486 e. The molecular weight excluding hydrogens is 242 g/mol. The predicted octanol–water partition coefficient (Wildman–Crippen LogP) is 1.48. The molecule has 1 aromatic carbocycles. The summed E-state index contributed by atoms with van der Waals surface area (Å²) in [5.41, 5.74) is 2.15. The zero-order chi connectivity index (χ0) is 13.1. The molecule has 0 saturated carbocycles. The molecule has 0 fully saturated rings. The minimum absolute atomic E-state index is 0.615. The van der Waals surface area contributed by atoms with Crippen LogP contribution >= 0.6 is 0 Å². The lowest BCUT2D eigenvalue weighted by Gasteiger charge is -2.21. The maximum Gasteiger partial charge on any atom is 0.165 e. The number of rotatable bonds is 4. The van der Waals surface area contributed by atoms with Gasteiger partial charge in [-0.2, -0.15) is 5.10 Å². The summed E-state index contributed by atoms with van der Waals surface area (Å²) in [4.78, 5) is 0. The van der Waals surface area contributed by atoms with Gasteiger partial charge in [0.25, 0.3) is 0 Å². The number of para-hydroxylation sites is 1. The molecule has 0 amide bonds. The van der Waals surface area contributed by atoms with Crippen LogP contribution in [0.2, 0.25) is 0 Å². The smallest absolute Gasteiger partial charge is 0.165 e. The lowest BCUT2D eigenvalue weighted by Crippen LogP contribution is -2.19. The van der Waals surface area contributed by atoms with Gasteiger partial charge in [0.1, 0.15) is 13.2 Å². The maximum atomic E-state index is 5.68. The molecule has 2 aromatic rings. The number of fused-ring (bicyclic) bond motifs is 1. The van der Waals surface area contributed by atoms with E-state index in [1.54, 1.807) is 4.68 Å². The monoisotopic (exact) mass is 259 g/mol. The van der Waals surface area contributed by atoms with Gasteiger partial charge in [-0.05, 0) is 12.1 Å². The highest BCUT2D eigenvalue weighted by molar-refractivity contribution is 5.47. The first-order valence-electron chi connectivity index (χ1n) is 6.39. The number of nitrogens with one attached hydrogen (secondary N) is 1. The molecule has 0 spiro atoms. The van der Waals surface area contributed by atoms with Crippen LogP contribution in [0.5, 0.6) is 11.5 Å². The average Bonchev–Trinajstić information content (AvgIpc) is 2.85. The van der Waals surface area contributed by atoms with E-state index in [0.717, 1.165) is 35.8 Å². The molecule has 5 nitrogen and oxygen atoms in total. The second kappa shape index (κ2) is 5.32. The summed E-state index contributed by atoms with van der Waals surface area (Å²) in [5, 5.41) is 7.70. The number of hydrogen-bond acceptors (Lipinski definition) is 4. The van der Waals surface area contributed by atoms with Gasteiger partial charge in [-0.1, -0.05) is 12.1 Å². The molecule has 1 aromatic heterocycles. The van der Waals surface area contributed by atoms with Crippen LogP contribution < -0.4 is 14.8 Å². The van der Waals surface area contributed by atoms with Gasteiger partial charge in [0.15, 0.2) is 11.5 Å². The van der Waals surface area contributed by atoms with Gasteiger partial charge in [0.05, 0.1) is 5.69 Å². The van der Waals surface area contributed by atoms with E-state index < -0.39 is 0 Å². The number of nitrogens with zero attached hydrogens (tertiary/aromatic N) is 2. The minimum atomic E-state index is 0.615. The summed E-state index contributed by atoms with van der Waals surface area (Å²) in [6.45, 7) is 2.72. The molecule has 2 heterocycles. The van der Waals surface area contributed by atoms with Crippen molar-refractivity contribution in [3.63, 3.8) is 0 Å². The molecule has 0 aliphatic carbocycles. The molecule has 1 aliphatic rings. The topological polar surface area (TPSA) is 48.3 Å². The molecule has 19 heavy (non-hydrogen) atoms. The van der Waals surface area contributed by atoms with E-state index >= 15 is 0 Å². The first-order valence-corrected chi connectivity index (χ1v) is 6.39. The van der Waals surface area contributed by atoms with E-state index in [4.69, 9.17) is 9.47 Å². The molecule has 1 aliphatic heterocycles. The van der Waals surface area contributed by atoms with Crippen LogP contribution in [0.3, 0.4) is 0 Å². The van der Waals surface area contributed by atoms with E-state index in [1.165, 1.54) is 0 Å². The first-order chi connectivity index (χ1) is 9.33. The molecule has 5 heteroatoms. The van der Waals surface area contributed by atoms with Gasteiger partial charge in [-0.15, -0.1) is 0 Å². The lowest BCUT2D eigenvalue weighted by molar-refractivity contribution is 0.169. The molecule has 0 bridgehead atoms. The standard InChI is InChI=1S/C14H17N3O2/c1-17-6-5-12(16-17)10-15-9-11-3-2-4-13-14(11)19-8-7-18-13/h2-6,15H,7-10H2,1H3. The Hall–Kier alpha value is -2.01. The van der Waals surface area contributed by atoms with E-state index in [0.29, 0.717) is 13.2 Å². The van der Waals surface area contributed by atoms with Gasteiger partial charge in [-0.25, -0.2) is 0 Å². The summed E-state index contributed by atoms with van der Waals surface area (Å²) in [7, 11) is 1.92. The van der Waals surface area contributed by atoms with Crippen LogP contribution in [0.25, 0.3) is 0 Å². The molecule has 1 N–H and O–H groups in total. The molecular formula is C14H17N3O2. The van der Waals surface area contributed by atoms with Gasteiger partial charge in [0, 0.05) is 31.9 Å². The van der Waals surface area contributed by atoms with E-state index in [2.05, 4.69) is 16.5 Å². The zero-order valence-electron chi connectivity index (χ0n) is 10.9. The Morgan fingerprint density at radius 1 is 1.21 bits per heavy atom. The van der Waals surface area contributed by atoms with Gasteiger partial charge < -0.3 is 14.8 Å². The summed E-state index contributed by atoms with van der Waals surface area (Å²) in [6.07, 6.45) is 1.94. The number of aryl methyl sites for hydroxylation is 1. The van der Waals surface area contributed by atoms with Crippen molar-refractivity contribution in [3.8, 4) is 11.5 Å². The van der Waals surface area contributed by atoms with Crippen LogP contribution in [0, 0.1) is 0 Å². The highest BCUT2D eigenvalue weighted by Crippen LogP contribution is 2.33. The maximum absolute atomic E-state index is 5.68. The SMILES string of the molecule is Cn1ccc(CNCc2cccc3c2OCCO3)n1. The highest BCUT2D eigenvalue weighted by atomic mass is 16.6. The fraction of sp³-hybridized carbons (Fsp3) is 0.357. The summed E-state index contributed by atoms with van der Waals surface area (Å²) in [6, 6.07) is 7.99. The predicted molar refractivity (Wildman–Crippen MR) is 71.2 cm³/mol. The molecule has 0 unspecified atom stereocenters. The number of ether oxygens (including phenoxy) is 2. The Labute approximate surface area is 112 Å². The Balaban J connectivity index is 1.64. The average molecular weight is 259 g/mol. The van der Waals surface area contributed by atoms with Crippen molar-refractivity contribution >= 4 is 0 Å². The number of hydrogen-bond donors (Lipinski definition) is 1. The second-order valence-electron chi connectivity index (χ2n) is 4.53. The molecule has 0 atom stereocenters. The third-order valence-electron chi connectivity index (χ3n) is 3.04. The zero-order valence-corrected chi connectivity index (χ0v) is 10.9. The van der Waals surface area contributed by atoms with Crippen LogP contribution in [0.1, 0.15) is 11.3 Å². The normalized spacial score (nSPS) is 13.5. The van der Waals surface area contributed by atoms with Gasteiger partial charge >= 0.3 is 0 Å². The van der Waals surface area contributed by atoms with Gasteiger partial charge in [-0.3, -0.25) is 4.68 Å². The van der Waals surface area contributed by atoms with Gasteiger partial charge in [0.2, 0.25) is 0 Å². The highest BCUT2D eigenvalue weighted by Gasteiger charge is 2.14. The van der Waals surface area contributed by atoms with Crippen molar-refractivity contribution in [2.24, 2.45) is 7.05 Å². The van der Waals surface area contributed by atoms with Crippen LogP contribution in [0.4, 0.5) is 0 Å². The quantitative estimate of drug-likeness (QED) is 0.903. The molecule has 0 radical (unpaired) electrons. The van der Waals surface area contributed by atoms with Crippen LogP contribution in [-0.4, -0.2) is 23.0 Å². The first kappa shape index (κ1) is 12.0. The fourth-order valence-electron chi connectivity index (χ4n) is 2.16. The third-order valence-corrected chi connectivity index (χ3v) is 3.04.